The maximum atomic E-state index is 12.4. The van der Waals surface area contributed by atoms with Gasteiger partial charge >= 0.3 is 5.97 Å². The first-order valence-corrected chi connectivity index (χ1v) is 13.3. The van der Waals surface area contributed by atoms with Crippen LogP contribution in [-0.4, -0.2) is 11.1 Å². The van der Waals surface area contributed by atoms with E-state index >= 15 is 0 Å². The van der Waals surface area contributed by atoms with Crippen molar-refractivity contribution in [3.8, 4) is 0 Å². The second kappa shape index (κ2) is 19.4. The molecule has 0 spiro atoms. The molecule has 0 aromatic rings. The minimum Gasteiger partial charge on any atom is -0.481 e. The van der Waals surface area contributed by atoms with E-state index in [1.807, 2.05) is 0 Å². The molecule has 0 aliphatic rings. The van der Waals surface area contributed by atoms with Crippen molar-refractivity contribution in [2.45, 2.75) is 156 Å². The number of aliphatic carboxylic acids is 1. The molecular formula is C27H54O2. The topological polar surface area (TPSA) is 37.3 Å². The predicted molar refractivity (Wildman–Crippen MR) is 129 cm³/mol. The summed E-state index contributed by atoms with van der Waals surface area (Å²) in [5, 5.41) is 10.2. The maximum Gasteiger partial charge on any atom is 0.309 e. The van der Waals surface area contributed by atoms with E-state index < -0.39 is 11.4 Å². The largest absolute Gasteiger partial charge is 0.481 e. The molecule has 0 rings (SSSR count). The van der Waals surface area contributed by atoms with E-state index in [1.54, 1.807) is 0 Å². The lowest BCUT2D eigenvalue weighted by Gasteiger charge is -2.32. The predicted octanol–water partition coefficient (Wildman–Crippen LogP) is 9.56. The molecule has 0 heterocycles. The lowest BCUT2D eigenvalue weighted by molar-refractivity contribution is -0.151. The van der Waals surface area contributed by atoms with Crippen molar-refractivity contribution in [1.29, 1.82) is 0 Å². The van der Waals surface area contributed by atoms with Crippen LogP contribution in [0.15, 0.2) is 0 Å². The van der Waals surface area contributed by atoms with Crippen LogP contribution in [0.1, 0.15) is 156 Å². The number of carboxylic acids is 1. The molecule has 2 unspecified atom stereocenters. The molecular weight excluding hydrogens is 356 g/mol. The molecule has 0 radical (unpaired) electrons. The van der Waals surface area contributed by atoms with Crippen LogP contribution in [0.5, 0.6) is 0 Å². The van der Waals surface area contributed by atoms with Gasteiger partial charge in [-0.2, -0.15) is 0 Å². The smallest absolute Gasteiger partial charge is 0.309 e. The number of carboxylic acid groups (broad SMARTS) is 1. The van der Waals surface area contributed by atoms with E-state index in [4.69, 9.17) is 0 Å². The van der Waals surface area contributed by atoms with E-state index in [0.29, 0.717) is 5.92 Å². The van der Waals surface area contributed by atoms with Gasteiger partial charge in [0, 0.05) is 0 Å². The average molecular weight is 411 g/mol. The summed E-state index contributed by atoms with van der Waals surface area (Å²) in [7, 11) is 0. The van der Waals surface area contributed by atoms with Crippen molar-refractivity contribution >= 4 is 5.97 Å². The Kier molecular flexibility index (Phi) is 19.1. The van der Waals surface area contributed by atoms with Gasteiger partial charge in [0.2, 0.25) is 0 Å². The minimum absolute atomic E-state index is 0.472. The first kappa shape index (κ1) is 28.5. The van der Waals surface area contributed by atoms with E-state index in [2.05, 4.69) is 27.7 Å². The Bertz CT molecular complexity index is 366. The van der Waals surface area contributed by atoms with Gasteiger partial charge in [0.05, 0.1) is 5.41 Å². The molecule has 0 saturated heterocycles. The standard InChI is InChI=1S/C27H54O2/c1-5-8-11-14-16-18-21-25(4)24-27(26(28)29,22-19-13-10-7-3)23-20-17-15-12-9-6-2/h25H,5-24H2,1-4H3,(H,28,29). The summed E-state index contributed by atoms with van der Waals surface area (Å²) in [5.41, 5.74) is -0.472. The number of rotatable bonds is 22. The van der Waals surface area contributed by atoms with Gasteiger partial charge in [-0.15, -0.1) is 0 Å². The molecule has 174 valence electrons. The first-order chi connectivity index (χ1) is 14.0. The van der Waals surface area contributed by atoms with Crippen molar-refractivity contribution in [3.05, 3.63) is 0 Å². The van der Waals surface area contributed by atoms with E-state index in [0.717, 1.165) is 32.1 Å². The minimum atomic E-state index is -0.516. The van der Waals surface area contributed by atoms with Gasteiger partial charge in [0.15, 0.2) is 0 Å². The van der Waals surface area contributed by atoms with Crippen LogP contribution in [0.25, 0.3) is 0 Å². The van der Waals surface area contributed by atoms with E-state index in [1.165, 1.54) is 96.3 Å². The number of hydrogen-bond acceptors (Lipinski definition) is 1. The number of hydrogen-bond donors (Lipinski definition) is 1. The highest BCUT2D eigenvalue weighted by Crippen LogP contribution is 2.40. The Morgan fingerprint density at radius 3 is 1.48 bits per heavy atom. The van der Waals surface area contributed by atoms with Gasteiger partial charge < -0.3 is 5.11 Å². The SMILES string of the molecule is CCCCCCCCC(C)CC(CCCCCC)(CCCCCCCC)C(=O)O. The van der Waals surface area contributed by atoms with Crippen molar-refractivity contribution in [1.82, 2.24) is 0 Å². The van der Waals surface area contributed by atoms with E-state index in [9.17, 15) is 9.90 Å². The third-order valence-corrected chi connectivity index (χ3v) is 6.76. The number of unbranched alkanes of at least 4 members (excludes halogenated alkanes) is 13. The second-order valence-electron chi connectivity index (χ2n) is 9.78. The Hall–Kier alpha value is -0.530. The van der Waals surface area contributed by atoms with Crippen LogP contribution in [0.2, 0.25) is 0 Å². The summed E-state index contributed by atoms with van der Waals surface area (Å²) < 4.78 is 0. The second-order valence-corrected chi connectivity index (χ2v) is 9.78. The molecule has 1 N–H and O–H groups in total. The van der Waals surface area contributed by atoms with Gasteiger partial charge in [-0.3, -0.25) is 4.79 Å². The fraction of sp³-hybridized carbons (Fsp3) is 0.963. The lowest BCUT2D eigenvalue weighted by Crippen LogP contribution is -2.33. The van der Waals surface area contributed by atoms with Crippen molar-refractivity contribution in [2.24, 2.45) is 11.3 Å². The fourth-order valence-corrected chi connectivity index (χ4v) is 4.81. The highest BCUT2D eigenvalue weighted by molar-refractivity contribution is 5.74. The molecule has 0 saturated carbocycles. The van der Waals surface area contributed by atoms with Crippen LogP contribution >= 0.6 is 0 Å². The zero-order valence-electron chi connectivity index (χ0n) is 20.6. The van der Waals surface area contributed by atoms with Gasteiger partial charge in [-0.05, 0) is 25.2 Å². The summed E-state index contributed by atoms with van der Waals surface area (Å²) in [4.78, 5) is 12.4. The van der Waals surface area contributed by atoms with Crippen LogP contribution in [-0.2, 0) is 4.79 Å². The molecule has 2 heteroatoms. The Labute approximate surface area is 183 Å². The molecule has 29 heavy (non-hydrogen) atoms. The van der Waals surface area contributed by atoms with Crippen LogP contribution in [0.3, 0.4) is 0 Å². The zero-order valence-corrected chi connectivity index (χ0v) is 20.6. The number of carbonyl (C=O) groups is 1. The summed E-state index contributed by atoms with van der Waals surface area (Å²) >= 11 is 0. The third-order valence-electron chi connectivity index (χ3n) is 6.76. The molecule has 0 bridgehead atoms. The maximum absolute atomic E-state index is 12.4. The molecule has 0 amide bonds. The normalized spacial score (nSPS) is 14.6. The summed E-state index contributed by atoms with van der Waals surface area (Å²) in [6.07, 6.45) is 24.0. The lowest BCUT2D eigenvalue weighted by atomic mass is 9.71. The molecule has 0 fully saturated rings. The summed E-state index contributed by atoms with van der Waals surface area (Å²) in [5.74, 6) is 0.0147. The van der Waals surface area contributed by atoms with Gasteiger partial charge in [0.1, 0.15) is 0 Å². The molecule has 0 aromatic heterocycles. The third kappa shape index (κ3) is 15.0. The van der Waals surface area contributed by atoms with Gasteiger partial charge in [-0.25, -0.2) is 0 Å². The summed E-state index contributed by atoms with van der Waals surface area (Å²) in [6.45, 7) is 9.04. The quantitative estimate of drug-likeness (QED) is 0.180. The Morgan fingerprint density at radius 2 is 1.03 bits per heavy atom. The first-order valence-electron chi connectivity index (χ1n) is 13.3. The average Bonchev–Trinajstić information content (AvgIpc) is 2.70. The molecule has 0 aliphatic carbocycles. The Morgan fingerprint density at radius 1 is 0.655 bits per heavy atom. The van der Waals surface area contributed by atoms with Crippen LogP contribution < -0.4 is 0 Å². The van der Waals surface area contributed by atoms with Gasteiger partial charge in [0.25, 0.3) is 0 Å². The van der Waals surface area contributed by atoms with Crippen molar-refractivity contribution in [3.63, 3.8) is 0 Å². The summed E-state index contributed by atoms with van der Waals surface area (Å²) in [6, 6.07) is 0. The molecule has 2 nitrogen and oxygen atoms in total. The zero-order chi connectivity index (χ0) is 21.8. The molecule has 2 atom stereocenters. The molecule has 0 aromatic carbocycles. The van der Waals surface area contributed by atoms with Crippen LogP contribution in [0.4, 0.5) is 0 Å². The van der Waals surface area contributed by atoms with Crippen molar-refractivity contribution in [2.75, 3.05) is 0 Å². The fourth-order valence-electron chi connectivity index (χ4n) is 4.81. The monoisotopic (exact) mass is 410 g/mol. The highest BCUT2D eigenvalue weighted by atomic mass is 16.4. The van der Waals surface area contributed by atoms with E-state index in [-0.39, 0.29) is 0 Å². The van der Waals surface area contributed by atoms with Crippen LogP contribution in [0, 0.1) is 11.3 Å². The highest BCUT2D eigenvalue weighted by Gasteiger charge is 2.38. The van der Waals surface area contributed by atoms with Gasteiger partial charge in [-0.1, -0.05) is 137 Å². The Balaban J connectivity index is 4.60. The van der Waals surface area contributed by atoms with Crippen molar-refractivity contribution < 1.29 is 9.90 Å². The molecule has 0 aliphatic heterocycles.